The maximum Gasteiger partial charge on any atom is 0.504 e. The number of rotatable bonds is 3. The van der Waals surface area contributed by atoms with Gasteiger partial charge in [-0.15, -0.1) is 0 Å². The number of halogens is 1. The summed E-state index contributed by atoms with van der Waals surface area (Å²) in [7, 11) is -0.305. The fourth-order valence-electron chi connectivity index (χ4n) is 1.46. The van der Waals surface area contributed by atoms with Crippen LogP contribution in [0.3, 0.4) is 0 Å². The van der Waals surface area contributed by atoms with E-state index in [1.54, 1.807) is 0 Å². The van der Waals surface area contributed by atoms with Crippen LogP contribution in [-0.2, 0) is 0 Å². The molecule has 2 aromatic carbocycles. The summed E-state index contributed by atoms with van der Waals surface area (Å²) in [5.74, 6) is 0.653. The second-order valence-corrected chi connectivity index (χ2v) is 3.74. The van der Waals surface area contributed by atoms with E-state index in [4.69, 9.17) is 21.3 Å². The molecular formula is C12H10BClO2. The van der Waals surface area contributed by atoms with Crippen LogP contribution in [0.5, 0.6) is 5.75 Å². The highest BCUT2D eigenvalue weighted by Gasteiger charge is 1.98. The van der Waals surface area contributed by atoms with E-state index in [1.165, 1.54) is 0 Å². The van der Waals surface area contributed by atoms with Crippen LogP contribution in [0.4, 0.5) is 0 Å². The van der Waals surface area contributed by atoms with Gasteiger partial charge in [0.25, 0.3) is 0 Å². The molecule has 1 N–H and O–H groups in total. The standard InChI is InChI=1S/C12H10BClO2/c14-11-5-1-9(2-6-11)10-3-7-12(8-4-10)16-13-15/h1-8,13,15H. The fraction of sp³-hybridized carbons (Fsp3) is 0. The minimum Gasteiger partial charge on any atom is -0.539 e. The Morgan fingerprint density at radius 1 is 0.875 bits per heavy atom. The van der Waals surface area contributed by atoms with Crippen LogP contribution < -0.4 is 4.65 Å². The van der Waals surface area contributed by atoms with Crippen LogP contribution >= 0.6 is 11.6 Å². The Kier molecular flexibility index (Phi) is 3.49. The van der Waals surface area contributed by atoms with Gasteiger partial charge in [0.2, 0.25) is 0 Å². The smallest absolute Gasteiger partial charge is 0.504 e. The summed E-state index contributed by atoms with van der Waals surface area (Å²) in [6.07, 6.45) is 0. The van der Waals surface area contributed by atoms with E-state index < -0.39 is 0 Å². The summed E-state index contributed by atoms with van der Waals surface area (Å²) in [6, 6.07) is 15.2. The lowest BCUT2D eigenvalue weighted by Crippen LogP contribution is -1.99. The van der Waals surface area contributed by atoms with Gasteiger partial charge in [-0.25, -0.2) is 0 Å². The van der Waals surface area contributed by atoms with Crippen molar-refractivity contribution < 1.29 is 9.68 Å². The van der Waals surface area contributed by atoms with Crippen LogP contribution in [-0.4, -0.2) is 12.7 Å². The van der Waals surface area contributed by atoms with Crippen molar-refractivity contribution in [3.63, 3.8) is 0 Å². The largest absolute Gasteiger partial charge is 0.539 e. The van der Waals surface area contributed by atoms with E-state index in [-0.39, 0.29) is 7.69 Å². The molecule has 0 radical (unpaired) electrons. The average molecular weight is 232 g/mol. The predicted molar refractivity (Wildman–Crippen MR) is 66.9 cm³/mol. The summed E-state index contributed by atoms with van der Waals surface area (Å²) in [5.41, 5.74) is 2.18. The van der Waals surface area contributed by atoms with E-state index in [1.807, 2.05) is 48.5 Å². The topological polar surface area (TPSA) is 29.5 Å². The van der Waals surface area contributed by atoms with Gasteiger partial charge in [-0.05, 0) is 35.4 Å². The highest BCUT2D eigenvalue weighted by atomic mass is 35.5. The molecule has 0 aliphatic rings. The van der Waals surface area contributed by atoms with Gasteiger partial charge in [0, 0.05) is 5.02 Å². The molecule has 0 saturated heterocycles. The maximum absolute atomic E-state index is 8.60. The number of hydrogen-bond donors (Lipinski definition) is 1. The zero-order valence-electron chi connectivity index (χ0n) is 8.56. The highest BCUT2D eigenvalue weighted by molar-refractivity contribution is 6.30. The Morgan fingerprint density at radius 2 is 1.38 bits per heavy atom. The summed E-state index contributed by atoms with van der Waals surface area (Å²) >= 11 is 5.82. The fourth-order valence-corrected chi connectivity index (χ4v) is 1.59. The molecule has 80 valence electrons. The number of hydrogen-bond acceptors (Lipinski definition) is 2. The molecule has 0 heterocycles. The third-order valence-electron chi connectivity index (χ3n) is 2.26. The van der Waals surface area contributed by atoms with E-state index in [9.17, 15) is 0 Å². The summed E-state index contributed by atoms with van der Waals surface area (Å²) in [4.78, 5) is 0. The quantitative estimate of drug-likeness (QED) is 0.825. The van der Waals surface area contributed by atoms with Crippen molar-refractivity contribution in [1.82, 2.24) is 0 Å². The first-order chi connectivity index (χ1) is 7.79. The molecule has 16 heavy (non-hydrogen) atoms. The molecule has 0 atom stereocenters. The molecule has 0 bridgehead atoms. The minimum atomic E-state index is -0.305. The first kappa shape index (κ1) is 11.1. The lowest BCUT2D eigenvalue weighted by Gasteiger charge is -2.04. The Morgan fingerprint density at radius 3 is 1.88 bits per heavy atom. The van der Waals surface area contributed by atoms with Crippen LogP contribution in [0.25, 0.3) is 11.1 Å². The molecule has 2 nitrogen and oxygen atoms in total. The maximum atomic E-state index is 8.60. The molecule has 0 spiro atoms. The van der Waals surface area contributed by atoms with Crippen LogP contribution in [0, 0.1) is 0 Å². The normalized spacial score (nSPS) is 9.88. The van der Waals surface area contributed by atoms with E-state index in [0.29, 0.717) is 5.75 Å². The average Bonchev–Trinajstić information content (AvgIpc) is 2.32. The molecule has 0 unspecified atom stereocenters. The van der Waals surface area contributed by atoms with Crippen molar-refractivity contribution in [3.05, 3.63) is 53.6 Å². The lowest BCUT2D eigenvalue weighted by molar-refractivity contribution is 0.454. The third-order valence-corrected chi connectivity index (χ3v) is 2.52. The Labute approximate surface area is 99.8 Å². The molecule has 2 rings (SSSR count). The summed E-state index contributed by atoms with van der Waals surface area (Å²) in [5, 5.41) is 9.33. The lowest BCUT2D eigenvalue weighted by atomic mass is 10.1. The van der Waals surface area contributed by atoms with Gasteiger partial charge < -0.3 is 9.68 Å². The first-order valence-electron chi connectivity index (χ1n) is 4.89. The van der Waals surface area contributed by atoms with Gasteiger partial charge in [-0.1, -0.05) is 35.9 Å². The Bertz CT molecular complexity index is 453. The van der Waals surface area contributed by atoms with Crippen molar-refractivity contribution in [3.8, 4) is 16.9 Å². The zero-order valence-corrected chi connectivity index (χ0v) is 9.32. The van der Waals surface area contributed by atoms with Gasteiger partial charge in [0.05, 0.1) is 0 Å². The molecular weight excluding hydrogens is 222 g/mol. The molecule has 0 aromatic heterocycles. The van der Waals surface area contributed by atoms with Crippen LogP contribution in [0.2, 0.25) is 5.02 Å². The van der Waals surface area contributed by atoms with Crippen molar-refractivity contribution >= 4 is 19.3 Å². The predicted octanol–water partition coefficient (Wildman–Crippen LogP) is 2.64. The van der Waals surface area contributed by atoms with Crippen molar-refractivity contribution in [2.45, 2.75) is 0 Å². The second kappa shape index (κ2) is 5.06. The monoisotopic (exact) mass is 232 g/mol. The van der Waals surface area contributed by atoms with Crippen molar-refractivity contribution in [2.75, 3.05) is 0 Å². The van der Waals surface area contributed by atoms with Gasteiger partial charge in [-0.2, -0.15) is 0 Å². The molecule has 0 amide bonds. The molecule has 4 heteroatoms. The SMILES string of the molecule is OBOc1ccc(-c2ccc(Cl)cc2)cc1. The molecule has 2 aromatic rings. The van der Waals surface area contributed by atoms with Crippen molar-refractivity contribution in [2.24, 2.45) is 0 Å². The first-order valence-corrected chi connectivity index (χ1v) is 5.27. The van der Waals surface area contributed by atoms with Gasteiger partial charge >= 0.3 is 7.69 Å². The van der Waals surface area contributed by atoms with E-state index in [0.717, 1.165) is 16.1 Å². The molecule has 0 saturated carbocycles. The Balaban J connectivity index is 2.24. The van der Waals surface area contributed by atoms with Crippen molar-refractivity contribution in [1.29, 1.82) is 0 Å². The van der Waals surface area contributed by atoms with Crippen LogP contribution in [0.15, 0.2) is 48.5 Å². The Hall–Kier alpha value is -1.45. The highest BCUT2D eigenvalue weighted by Crippen LogP contribution is 2.23. The molecule has 0 aliphatic heterocycles. The zero-order chi connectivity index (χ0) is 11.4. The van der Waals surface area contributed by atoms with E-state index in [2.05, 4.69) is 0 Å². The van der Waals surface area contributed by atoms with Gasteiger partial charge in [0.15, 0.2) is 0 Å². The molecule has 0 aliphatic carbocycles. The molecule has 0 fully saturated rings. The minimum absolute atomic E-state index is 0.305. The summed E-state index contributed by atoms with van der Waals surface area (Å²) in [6.45, 7) is 0. The van der Waals surface area contributed by atoms with Crippen LogP contribution in [0.1, 0.15) is 0 Å². The summed E-state index contributed by atoms with van der Waals surface area (Å²) < 4.78 is 4.95. The third kappa shape index (κ3) is 2.57. The van der Waals surface area contributed by atoms with Gasteiger partial charge in [0.1, 0.15) is 5.75 Å². The number of benzene rings is 2. The van der Waals surface area contributed by atoms with Gasteiger partial charge in [-0.3, -0.25) is 0 Å². The van der Waals surface area contributed by atoms with E-state index >= 15 is 0 Å². The second-order valence-electron chi connectivity index (χ2n) is 3.30.